The summed E-state index contributed by atoms with van der Waals surface area (Å²) >= 11 is 5.97. The minimum Gasteiger partial charge on any atom is -0.349 e. The summed E-state index contributed by atoms with van der Waals surface area (Å²) in [5, 5.41) is 3.79. The molecule has 4 rings (SSSR count). The highest BCUT2D eigenvalue weighted by Crippen LogP contribution is 2.24. The fraction of sp³-hybridized carbons (Fsp3) is 0.250. The van der Waals surface area contributed by atoms with Gasteiger partial charge in [-0.2, -0.15) is 0 Å². The molecule has 0 bridgehead atoms. The highest BCUT2D eigenvalue weighted by molar-refractivity contribution is 6.30. The van der Waals surface area contributed by atoms with Crippen molar-refractivity contribution >= 4 is 23.2 Å². The van der Waals surface area contributed by atoms with Gasteiger partial charge in [-0.25, -0.2) is 0 Å². The Morgan fingerprint density at radius 2 is 1.97 bits per heavy atom. The Morgan fingerprint density at radius 1 is 1.17 bits per heavy atom. The molecule has 0 spiro atoms. The van der Waals surface area contributed by atoms with Crippen LogP contribution in [0.1, 0.15) is 53.0 Å². The number of rotatable bonds is 6. The third-order valence-electron chi connectivity index (χ3n) is 5.24. The number of carbonyl (C=O) groups is 1. The highest BCUT2D eigenvalue weighted by atomic mass is 35.5. The lowest BCUT2D eigenvalue weighted by Crippen LogP contribution is -2.29. The van der Waals surface area contributed by atoms with Crippen molar-refractivity contribution in [2.24, 2.45) is 4.99 Å². The molecule has 152 valence electrons. The smallest absolute Gasteiger partial charge is 0.226 e. The lowest BCUT2D eigenvalue weighted by atomic mass is 10.0. The van der Waals surface area contributed by atoms with E-state index in [1.807, 2.05) is 62.5 Å². The van der Waals surface area contributed by atoms with E-state index < -0.39 is 0 Å². The molecule has 0 fully saturated rings. The number of hydrogen-bond acceptors (Lipinski definition) is 4. The van der Waals surface area contributed by atoms with Gasteiger partial charge in [-0.3, -0.25) is 19.8 Å². The summed E-state index contributed by atoms with van der Waals surface area (Å²) < 4.78 is 0. The molecule has 0 saturated carbocycles. The monoisotopic (exact) mass is 418 g/mol. The molecule has 2 aromatic heterocycles. The summed E-state index contributed by atoms with van der Waals surface area (Å²) in [6.07, 6.45) is 4.66. The van der Waals surface area contributed by atoms with E-state index >= 15 is 0 Å². The number of nitrogens with one attached hydrogen (secondary N) is 1. The molecule has 0 unspecified atom stereocenters. The molecule has 1 aromatic carbocycles. The summed E-state index contributed by atoms with van der Waals surface area (Å²) in [6, 6.07) is 13.5. The number of aromatic nitrogens is 2. The second-order valence-electron chi connectivity index (χ2n) is 7.44. The second kappa shape index (κ2) is 8.76. The van der Waals surface area contributed by atoms with Gasteiger partial charge in [0.25, 0.3) is 0 Å². The van der Waals surface area contributed by atoms with Crippen molar-refractivity contribution in [3.63, 3.8) is 0 Å². The van der Waals surface area contributed by atoms with E-state index in [9.17, 15) is 4.79 Å². The molecule has 3 aromatic rings. The van der Waals surface area contributed by atoms with Crippen LogP contribution in [0.2, 0.25) is 5.02 Å². The molecular weight excluding hydrogens is 396 g/mol. The predicted octanol–water partition coefficient (Wildman–Crippen LogP) is 4.60. The molecule has 1 N–H and O–H groups in total. The lowest BCUT2D eigenvalue weighted by Gasteiger charge is -2.17. The van der Waals surface area contributed by atoms with Crippen LogP contribution in [0.5, 0.6) is 0 Å². The van der Waals surface area contributed by atoms with Crippen LogP contribution in [0, 0.1) is 6.92 Å². The number of hydrogen-bond donors (Lipinski definition) is 1. The highest BCUT2D eigenvalue weighted by Gasteiger charge is 2.20. The fourth-order valence-electron chi connectivity index (χ4n) is 3.70. The van der Waals surface area contributed by atoms with E-state index in [-0.39, 0.29) is 18.4 Å². The Balaban J connectivity index is 1.45. The first-order valence-corrected chi connectivity index (χ1v) is 10.4. The SMILES string of the molecule is CC[C@@H](NC(=O)Cc1cc2c(cn1)C(c1ccnc(C)c1)=NC2)c1ccc(Cl)cc1. The molecule has 1 amide bonds. The maximum absolute atomic E-state index is 12.6. The molecule has 0 saturated heterocycles. The van der Waals surface area contributed by atoms with E-state index in [4.69, 9.17) is 11.6 Å². The van der Waals surface area contributed by atoms with Crippen LogP contribution in [0.15, 0.2) is 59.9 Å². The summed E-state index contributed by atoms with van der Waals surface area (Å²) in [4.78, 5) is 26.1. The van der Waals surface area contributed by atoms with Crippen molar-refractivity contribution in [3.8, 4) is 0 Å². The van der Waals surface area contributed by atoms with Crippen molar-refractivity contribution < 1.29 is 4.79 Å². The maximum atomic E-state index is 12.6. The van der Waals surface area contributed by atoms with Crippen LogP contribution in [0.4, 0.5) is 0 Å². The summed E-state index contributed by atoms with van der Waals surface area (Å²) in [7, 11) is 0. The Hall–Kier alpha value is -3.05. The molecule has 1 aliphatic rings. The minimum absolute atomic E-state index is 0.0472. The van der Waals surface area contributed by atoms with Crippen molar-refractivity contribution in [2.45, 2.75) is 39.3 Å². The quantitative estimate of drug-likeness (QED) is 0.636. The number of pyridine rings is 2. The normalized spacial score (nSPS) is 13.5. The lowest BCUT2D eigenvalue weighted by molar-refractivity contribution is -0.121. The first kappa shape index (κ1) is 20.2. The van der Waals surface area contributed by atoms with Gasteiger partial charge < -0.3 is 5.32 Å². The summed E-state index contributed by atoms with van der Waals surface area (Å²) in [5.41, 5.74) is 6.85. The van der Waals surface area contributed by atoms with Gasteiger partial charge in [-0.15, -0.1) is 0 Å². The Kier molecular flexibility index (Phi) is 5.91. The van der Waals surface area contributed by atoms with Gasteiger partial charge in [0.2, 0.25) is 5.91 Å². The van der Waals surface area contributed by atoms with Gasteiger partial charge >= 0.3 is 0 Å². The van der Waals surface area contributed by atoms with Gasteiger partial charge in [0.05, 0.1) is 30.4 Å². The largest absolute Gasteiger partial charge is 0.349 e. The molecule has 30 heavy (non-hydrogen) atoms. The topological polar surface area (TPSA) is 67.2 Å². The molecule has 0 radical (unpaired) electrons. The van der Waals surface area contributed by atoms with Crippen molar-refractivity contribution in [1.82, 2.24) is 15.3 Å². The first-order valence-electron chi connectivity index (χ1n) is 10.0. The van der Waals surface area contributed by atoms with Gasteiger partial charge in [0, 0.05) is 34.2 Å². The van der Waals surface area contributed by atoms with Gasteiger partial charge in [0.1, 0.15) is 0 Å². The van der Waals surface area contributed by atoms with Gasteiger partial charge in [-0.05, 0) is 54.8 Å². The average Bonchev–Trinajstić information content (AvgIpc) is 3.16. The number of amides is 1. The van der Waals surface area contributed by atoms with Crippen LogP contribution in [0.25, 0.3) is 0 Å². The Labute approximate surface area is 181 Å². The number of aliphatic imine (C=N–C) groups is 1. The summed E-state index contributed by atoms with van der Waals surface area (Å²) in [6.45, 7) is 4.62. The zero-order valence-corrected chi connectivity index (χ0v) is 17.8. The predicted molar refractivity (Wildman–Crippen MR) is 119 cm³/mol. The molecular formula is C24H23ClN4O. The molecule has 3 heterocycles. The standard InChI is InChI=1S/C24H23ClN4O/c1-3-22(16-4-6-19(25)7-5-16)29-23(30)12-20-11-18-13-28-24(21(18)14-27-20)17-8-9-26-15(2)10-17/h4-11,14,22H,3,12-13H2,1-2H3,(H,29,30)/t22-/m1/s1. The van der Waals surface area contributed by atoms with Gasteiger partial charge in [-0.1, -0.05) is 30.7 Å². The van der Waals surface area contributed by atoms with E-state index in [2.05, 4.69) is 20.3 Å². The first-order chi connectivity index (χ1) is 14.5. The number of nitrogens with zero attached hydrogens (tertiary/aromatic N) is 3. The second-order valence-corrected chi connectivity index (χ2v) is 7.88. The van der Waals surface area contributed by atoms with E-state index in [1.165, 1.54) is 0 Å². The van der Waals surface area contributed by atoms with Crippen LogP contribution in [-0.2, 0) is 17.8 Å². The molecule has 1 atom stereocenters. The van der Waals surface area contributed by atoms with Crippen LogP contribution < -0.4 is 5.32 Å². The summed E-state index contributed by atoms with van der Waals surface area (Å²) in [5.74, 6) is -0.0480. The van der Waals surface area contributed by atoms with Crippen LogP contribution in [0.3, 0.4) is 0 Å². The fourth-order valence-corrected chi connectivity index (χ4v) is 3.83. The average molecular weight is 419 g/mol. The molecule has 1 aliphatic heterocycles. The van der Waals surface area contributed by atoms with Crippen molar-refractivity contribution in [2.75, 3.05) is 0 Å². The zero-order chi connectivity index (χ0) is 21.1. The van der Waals surface area contributed by atoms with Crippen LogP contribution >= 0.6 is 11.6 Å². The minimum atomic E-state index is -0.0480. The number of aryl methyl sites for hydroxylation is 1. The zero-order valence-electron chi connectivity index (χ0n) is 17.0. The number of fused-ring (bicyclic) bond motifs is 1. The number of benzene rings is 1. The van der Waals surface area contributed by atoms with E-state index in [0.29, 0.717) is 11.6 Å². The Morgan fingerprint density at radius 3 is 2.70 bits per heavy atom. The number of halogens is 1. The molecule has 6 heteroatoms. The van der Waals surface area contributed by atoms with E-state index in [1.54, 1.807) is 6.20 Å². The van der Waals surface area contributed by atoms with E-state index in [0.717, 1.165) is 45.8 Å². The maximum Gasteiger partial charge on any atom is 0.226 e. The third-order valence-corrected chi connectivity index (χ3v) is 5.49. The third kappa shape index (κ3) is 4.41. The van der Waals surface area contributed by atoms with Crippen molar-refractivity contribution in [1.29, 1.82) is 0 Å². The van der Waals surface area contributed by atoms with Gasteiger partial charge in [0.15, 0.2) is 0 Å². The Bertz CT molecular complexity index is 1110. The molecule has 0 aliphatic carbocycles. The van der Waals surface area contributed by atoms with Crippen LogP contribution in [-0.4, -0.2) is 21.6 Å². The molecule has 5 nitrogen and oxygen atoms in total. The number of carbonyl (C=O) groups excluding carboxylic acids is 1. The van der Waals surface area contributed by atoms with Crippen molar-refractivity contribution in [3.05, 3.63) is 93.5 Å².